The van der Waals surface area contributed by atoms with Crippen LogP contribution < -0.4 is 9.80 Å². The van der Waals surface area contributed by atoms with Gasteiger partial charge in [0.2, 0.25) is 0 Å². The zero-order valence-electron chi connectivity index (χ0n) is 18.8. The van der Waals surface area contributed by atoms with Gasteiger partial charge in [0.1, 0.15) is 11.6 Å². The van der Waals surface area contributed by atoms with Gasteiger partial charge in [-0.05, 0) is 74.3 Å². The maximum Gasteiger partial charge on any atom is 0.192 e. The van der Waals surface area contributed by atoms with Gasteiger partial charge in [-0.25, -0.2) is 9.97 Å². The molecule has 2 saturated heterocycles. The number of anilines is 2. The van der Waals surface area contributed by atoms with Crippen molar-refractivity contribution in [3.8, 4) is 0 Å². The van der Waals surface area contributed by atoms with Crippen LogP contribution in [0.1, 0.15) is 20.8 Å². The van der Waals surface area contributed by atoms with E-state index in [0.717, 1.165) is 33.7 Å². The van der Waals surface area contributed by atoms with Gasteiger partial charge in [0, 0.05) is 47.5 Å². The van der Waals surface area contributed by atoms with E-state index in [0.29, 0.717) is 19.2 Å². The highest BCUT2D eigenvalue weighted by Crippen LogP contribution is 2.38. The van der Waals surface area contributed by atoms with E-state index in [-0.39, 0.29) is 11.1 Å². The second-order valence-corrected chi connectivity index (χ2v) is 16.2. The average Bonchev–Trinajstić information content (AvgIpc) is 2.63. The van der Waals surface area contributed by atoms with E-state index in [1.165, 1.54) is 0 Å². The molecule has 4 rings (SSSR count). The topological polar surface area (TPSA) is 61.7 Å². The van der Waals surface area contributed by atoms with Gasteiger partial charge in [-0.3, -0.25) is 0 Å². The number of rotatable bonds is 4. The summed E-state index contributed by atoms with van der Waals surface area (Å²) in [5.74, 6) is 1.97. The van der Waals surface area contributed by atoms with E-state index in [2.05, 4.69) is 80.6 Å². The van der Waals surface area contributed by atoms with E-state index < -0.39 is 8.32 Å². The Morgan fingerprint density at radius 1 is 0.903 bits per heavy atom. The maximum atomic E-state index is 9.06. The highest BCUT2D eigenvalue weighted by Gasteiger charge is 2.42. The second kappa shape index (κ2) is 9.87. The SMILES string of the molecule is CC(C)(C)[Si](C)(C)OC1CN(c2ccc(Br)cn2)C1.OC1CN(c2ccc(Br)cn2)C1. The van der Waals surface area contributed by atoms with Crippen molar-refractivity contribution in [2.45, 2.75) is 51.1 Å². The Morgan fingerprint density at radius 3 is 1.71 bits per heavy atom. The van der Waals surface area contributed by atoms with Crippen LogP contribution in [0.15, 0.2) is 45.6 Å². The molecule has 170 valence electrons. The molecular formula is C22H32Br2N4O2Si. The normalized spacial score (nSPS) is 17.5. The fraction of sp³-hybridized carbons (Fsp3) is 0.545. The van der Waals surface area contributed by atoms with Crippen molar-refractivity contribution in [2.75, 3.05) is 36.0 Å². The number of pyridine rings is 2. The van der Waals surface area contributed by atoms with Gasteiger partial charge in [0.05, 0.1) is 12.2 Å². The first-order chi connectivity index (χ1) is 14.4. The molecule has 2 aliphatic rings. The third-order valence-electron chi connectivity index (χ3n) is 6.05. The minimum absolute atomic E-state index is 0.171. The number of aromatic nitrogens is 2. The molecule has 6 nitrogen and oxygen atoms in total. The molecule has 2 aromatic rings. The van der Waals surface area contributed by atoms with Gasteiger partial charge in [-0.15, -0.1) is 0 Å². The van der Waals surface area contributed by atoms with Crippen LogP contribution in [0.4, 0.5) is 11.6 Å². The lowest BCUT2D eigenvalue weighted by atomic mass is 10.2. The highest BCUT2D eigenvalue weighted by molar-refractivity contribution is 9.10. The van der Waals surface area contributed by atoms with Gasteiger partial charge in [0.15, 0.2) is 8.32 Å². The number of halogens is 2. The van der Waals surface area contributed by atoms with Gasteiger partial charge in [0.25, 0.3) is 0 Å². The number of nitrogens with zero attached hydrogens (tertiary/aromatic N) is 4. The quantitative estimate of drug-likeness (QED) is 0.516. The zero-order chi connectivity index (χ0) is 22.8. The molecule has 31 heavy (non-hydrogen) atoms. The van der Waals surface area contributed by atoms with E-state index in [1.807, 2.05) is 35.4 Å². The summed E-state index contributed by atoms with van der Waals surface area (Å²) in [6.45, 7) is 14.8. The van der Waals surface area contributed by atoms with Crippen molar-refractivity contribution < 1.29 is 9.53 Å². The van der Waals surface area contributed by atoms with Crippen molar-refractivity contribution >= 4 is 51.8 Å². The van der Waals surface area contributed by atoms with Crippen LogP contribution in [0, 0.1) is 0 Å². The molecule has 0 bridgehead atoms. The third-order valence-corrected chi connectivity index (χ3v) is 11.5. The molecule has 2 aliphatic heterocycles. The van der Waals surface area contributed by atoms with Crippen molar-refractivity contribution in [3.63, 3.8) is 0 Å². The lowest BCUT2D eigenvalue weighted by Gasteiger charge is -2.46. The fourth-order valence-corrected chi connectivity index (χ4v) is 4.85. The molecule has 0 amide bonds. The summed E-state index contributed by atoms with van der Waals surface area (Å²) >= 11 is 6.72. The lowest BCUT2D eigenvalue weighted by molar-refractivity contribution is 0.141. The van der Waals surface area contributed by atoms with Crippen molar-refractivity contribution in [1.82, 2.24) is 9.97 Å². The number of β-amino-alcohol motifs (C(OH)–C–C–N with tert-alkyl or cyclic N) is 1. The predicted octanol–water partition coefficient (Wildman–Crippen LogP) is 5.08. The number of aliphatic hydroxyl groups is 1. The molecule has 1 N–H and O–H groups in total. The molecule has 0 aliphatic carbocycles. The Labute approximate surface area is 203 Å². The number of aliphatic hydroxyl groups excluding tert-OH is 1. The van der Waals surface area contributed by atoms with Crippen LogP contribution in [0.2, 0.25) is 18.1 Å². The number of hydrogen-bond donors (Lipinski definition) is 1. The molecule has 0 aromatic carbocycles. The molecule has 2 aromatic heterocycles. The first-order valence-corrected chi connectivity index (χ1v) is 15.0. The van der Waals surface area contributed by atoms with E-state index in [1.54, 1.807) is 6.20 Å². The Hall–Kier alpha value is -1.00. The standard InChI is InChI=1S/C14H23BrN2OSi.C8H9BrN2O/c1-14(2,3)19(4,5)18-12-9-17(10-12)13-7-6-11(15)8-16-13;9-6-1-2-8(10-3-6)11-4-7(12)5-11/h6-8,12H,9-10H2,1-5H3;1-3,7,12H,4-5H2. The Morgan fingerprint density at radius 2 is 1.35 bits per heavy atom. The molecule has 0 radical (unpaired) electrons. The van der Waals surface area contributed by atoms with E-state index in [9.17, 15) is 0 Å². The summed E-state index contributed by atoms with van der Waals surface area (Å²) in [6, 6.07) is 7.97. The van der Waals surface area contributed by atoms with Crippen molar-refractivity contribution in [3.05, 3.63) is 45.6 Å². The van der Waals surface area contributed by atoms with Crippen LogP contribution >= 0.6 is 31.9 Å². The second-order valence-electron chi connectivity index (χ2n) is 9.63. The molecule has 0 unspecified atom stereocenters. The van der Waals surface area contributed by atoms with Gasteiger partial charge in [-0.1, -0.05) is 20.8 Å². The van der Waals surface area contributed by atoms with Crippen LogP contribution in [0.25, 0.3) is 0 Å². The van der Waals surface area contributed by atoms with Gasteiger partial charge >= 0.3 is 0 Å². The molecule has 9 heteroatoms. The first-order valence-electron chi connectivity index (χ1n) is 10.5. The fourth-order valence-electron chi connectivity index (χ4n) is 3.05. The first kappa shape index (κ1) is 24.6. The summed E-state index contributed by atoms with van der Waals surface area (Å²) in [5.41, 5.74) is 0. The largest absolute Gasteiger partial charge is 0.410 e. The summed E-state index contributed by atoms with van der Waals surface area (Å²) in [4.78, 5) is 12.9. The summed E-state index contributed by atoms with van der Waals surface area (Å²) < 4.78 is 8.37. The monoisotopic (exact) mass is 570 g/mol. The summed E-state index contributed by atoms with van der Waals surface area (Å²) in [7, 11) is -1.63. The van der Waals surface area contributed by atoms with Crippen LogP contribution in [0.3, 0.4) is 0 Å². The lowest BCUT2D eigenvalue weighted by Crippen LogP contribution is -2.58. The Kier molecular flexibility index (Phi) is 7.84. The summed E-state index contributed by atoms with van der Waals surface area (Å²) in [6.07, 6.45) is 3.80. The smallest absolute Gasteiger partial charge is 0.192 e. The maximum absolute atomic E-state index is 9.06. The molecule has 0 atom stereocenters. The van der Waals surface area contributed by atoms with Crippen molar-refractivity contribution in [2.24, 2.45) is 0 Å². The average molecular weight is 572 g/mol. The van der Waals surface area contributed by atoms with Crippen molar-refractivity contribution in [1.29, 1.82) is 0 Å². The van der Waals surface area contributed by atoms with Gasteiger partial charge in [-0.2, -0.15) is 0 Å². The van der Waals surface area contributed by atoms with E-state index >= 15 is 0 Å². The third kappa shape index (κ3) is 6.51. The minimum atomic E-state index is -1.63. The van der Waals surface area contributed by atoms with E-state index in [4.69, 9.17) is 9.53 Å². The number of hydrogen-bond acceptors (Lipinski definition) is 6. The van der Waals surface area contributed by atoms with Crippen LogP contribution in [-0.4, -0.2) is 61.8 Å². The molecule has 2 fully saturated rings. The zero-order valence-corrected chi connectivity index (χ0v) is 23.0. The molecule has 4 heterocycles. The van der Waals surface area contributed by atoms with Crippen LogP contribution in [-0.2, 0) is 4.43 Å². The Balaban J connectivity index is 0.000000194. The van der Waals surface area contributed by atoms with Gasteiger partial charge < -0.3 is 19.3 Å². The Bertz CT molecular complexity index is 847. The molecular weight excluding hydrogens is 540 g/mol. The van der Waals surface area contributed by atoms with Crippen LogP contribution in [0.5, 0.6) is 0 Å². The predicted molar refractivity (Wildman–Crippen MR) is 136 cm³/mol. The molecule has 0 saturated carbocycles. The molecule has 0 spiro atoms. The minimum Gasteiger partial charge on any atom is -0.410 e. The highest BCUT2D eigenvalue weighted by atomic mass is 79.9. The summed E-state index contributed by atoms with van der Waals surface area (Å²) in [5, 5.41) is 9.34.